The van der Waals surface area contributed by atoms with Crippen LogP contribution in [0, 0.1) is 0 Å². The van der Waals surface area contributed by atoms with Crippen molar-refractivity contribution in [3.8, 4) is 0 Å². The Kier molecular flexibility index (Phi) is 4.78. The molecule has 102 valence electrons. The number of nitrogens with zero attached hydrogens (tertiary/aromatic N) is 2. The van der Waals surface area contributed by atoms with E-state index in [0.717, 1.165) is 25.1 Å². The summed E-state index contributed by atoms with van der Waals surface area (Å²) in [6.07, 6.45) is 11.0. The molecule has 0 atom stereocenters. The second kappa shape index (κ2) is 6.34. The first-order chi connectivity index (χ1) is 8.73. The molecule has 0 bridgehead atoms. The molecule has 18 heavy (non-hydrogen) atoms. The van der Waals surface area contributed by atoms with Crippen LogP contribution in [0.1, 0.15) is 51.1 Å². The third-order valence-corrected chi connectivity index (χ3v) is 3.88. The third kappa shape index (κ3) is 3.56. The fourth-order valence-electron chi connectivity index (χ4n) is 2.69. The highest BCUT2D eigenvalue weighted by Crippen LogP contribution is 2.25. The molecule has 4 nitrogen and oxygen atoms in total. The van der Waals surface area contributed by atoms with Crippen LogP contribution in [0.3, 0.4) is 0 Å². The van der Waals surface area contributed by atoms with E-state index in [1.165, 1.54) is 25.7 Å². The molecular weight excluding hydrogens is 226 g/mol. The predicted octanol–water partition coefficient (Wildman–Crippen LogP) is 2.47. The second-order valence-corrected chi connectivity index (χ2v) is 5.44. The van der Waals surface area contributed by atoms with Gasteiger partial charge in [-0.3, -0.25) is 0 Å². The number of nitrogens with two attached hydrogens (primary N) is 1. The summed E-state index contributed by atoms with van der Waals surface area (Å²) in [5.74, 6) is 0. The van der Waals surface area contributed by atoms with Crippen LogP contribution in [0.15, 0.2) is 12.5 Å². The van der Waals surface area contributed by atoms with Gasteiger partial charge in [0.05, 0.1) is 31.4 Å². The maximum Gasteiger partial charge on any atom is 0.0948 e. The zero-order chi connectivity index (χ0) is 12.8. The van der Waals surface area contributed by atoms with E-state index in [1.54, 1.807) is 0 Å². The molecule has 2 rings (SSSR count). The summed E-state index contributed by atoms with van der Waals surface area (Å²) in [6, 6.07) is 0. The zero-order valence-electron chi connectivity index (χ0n) is 11.4. The van der Waals surface area contributed by atoms with Crippen molar-refractivity contribution in [3.63, 3.8) is 0 Å². The molecule has 0 unspecified atom stereocenters. The summed E-state index contributed by atoms with van der Waals surface area (Å²) < 4.78 is 7.94. The average molecular weight is 251 g/mol. The van der Waals surface area contributed by atoms with Crippen LogP contribution in [0.5, 0.6) is 0 Å². The highest BCUT2D eigenvalue weighted by atomic mass is 16.5. The Bertz CT molecular complexity index is 354. The minimum atomic E-state index is -0.104. The van der Waals surface area contributed by atoms with Crippen LogP contribution in [0.4, 0.5) is 0 Å². The van der Waals surface area contributed by atoms with Crippen LogP contribution in [0.2, 0.25) is 0 Å². The van der Waals surface area contributed by atoms with E-state index in [0.29, 0.717) is 13.2 Å². The van der Waals surface area contributed by atoms with Crippen molar-refractivity contribution in [2.45, 2.75) is 64.1 Å². The maximum absolute atomic E-state index is 6.42. The maximum atomic E-state index is 6.42. The van der Waals surface area contributed by atoms with Gasteiger partial charge in [-0.15, -0.1) is 0 Å². The lowest BCUT2D eigenvalue weighted by Crippen LogP contribution is -2.43. The molecule has 1 fully saturated rings. The number of imidazole rings is 1. The predicted molar refractivity (Wildman–Crippen MR) is 72.2 cm³/mol. The summed E-state index contributed by atoms with van der Waals surface area (Å²) in [7, 11) is 0. The van der Waals surface area contributed by atoms with Crippen LogP contribution < -0.4 is 5.73 Å². The molecule has 1 aliphatic rings. The van der Waals surface area contributed by atoms with Crippen LogP contribution in [0.25, 0.3) is 0 Å². The summed E-state index contributed by atoms with van der Waals surface area (Å²) >= 11 is 0. The van der Waals surface area contributed by atoms with Gasteiger partial charge >= 0.3 is 0 Å². The minimum absolute atomic E-state index is 0.104. The summed E-state index contributed by atoms with van der Waals surface area (Å²) in [5.41, 5.74) is 7.45. The minimum Gasteiger partial charge on any atom is -0.373 e. The fourth-order valence-corrected chi connectivity index (χ4v) is 2.69. The van der Waals surface area contributed by atoms with E-state index in [4.69, 9.17) is 10.5 Å². The number of aromatic nitrogens is 2. The average Bonchev–Trinajstić information content (AvgIpc) is 2.70. The second-order valence-electron chi connectivity index (χ2n) is 5.44. The molecule has 1 aromatic rings. The van der Waals surface area contributed by atoms with Crippen molar-refractivity contribution < 1.29 is 4.74 Å². The molecule has 4 heteroatoms. The van der Waals surface area contributed by atoms with Gasteiger partial charge in [0.1, 0.15) is 0 Å². The van der Waals surface area contributed by atoms with Crippen molar-refractivity contribution in [1.29, 1.82) is 0 Å². The standard InChI is InChI=1S/C14H25N3O/c1-2-17-12-16-9-13(17)10-18-11-14(15)7-5-3-4-6-8-14/h9,12H,2-8,10-11,15H2,1H3. The summed E-state index contributed by atoms with van der Waals surface area (Å²) in [5, 5.41) is 0. The number of ether oxygens (including phenoxy) is 1. The van der Waals surface area contributed by atoms with Gasteiger partial charge in [-0.1, -0.05) is 25.7 Å². The van der Waals surface area contributed by atoms with Gasteiger partial charge in [0.2, 0.25) is 0 Å². The highest BCUT2D eigenvalue weighted by molar-refractivity contribution is 4.96. The van der Waals surface area contributed by atoms with Crippen molar-refractivity contribution in [3.05, 3.63) is 18.2 Å². The lowest BCUT2D eigenvalue weighted by molar-refractivity contribution is 0.0634. The number of hydrogen-bond acceptors (Lipinski definition) is 3. The molecule has 1 heterocycles. The Morgan fingerprint density at radius 1 is 1.33 bits per heavy atom. The molecule has 1 aromatic heterocycles. The van der Waals surface area contributed by atoms with Crippen molar-refractivity contribution in [2.24, 2.45) is 5.73 Å². The fraction of sp³-hybridized carbons (Fsp3) is 0.786. The van der Waals surface area contributed by atoms with E-state index in [2.05, 4.69) is 16.5 Å². The monoisotopic (exact) mass is 251 g/mol. The molecule has 0 spiro atoms. The lowest BCUT2D eigenvalue weighted by Gasteiger charge is -2.27. The van der Waals surface area contributed by atoms with Crippen LogP contribution >= 0.6 is 0 Å². The van der Waals surface area contributed by atoms with Crippen LogP contribution in [-0.2, 0) is 17.9 Å². The molecule has 0 radical (unpaired) electrons. The Balaban J connectivity index is 1.80. The first-order valence-corrected chi connectivity index (χ1v) is 7.09. The van der Waals surface area contributed by atoms with Crippen LogP contribution in [-0.4, -0.2) is 21.7 Å². The van der Waals surface area contributed by atoms with Crippen molar-refractivity contribution >= 4 is 0 Å². The highest BCUT2D eigenvalue weighted by Gasteiger charge is 2.26. The van der Waals surface area contributed by atoms with E-state index >= 15 is 0 Å². The molecule has 1 saturated carbocycles. The van der Waals surface area contributed by atoms with E-state index < -0.39 is 0 Å². The normalized spacial score (nSPS) is 19.7. The molecule has 1 aliphatic carbocycles. The first kappa shape index (κ1) is 13.6. The van der Waals surface area contributed by atoms with Gasteiger partial charge in [0, 0.05) is 12.1 Å². The number of hydrogen-bond donors (Lipinski definition) is 1. The third-order valence-electron chi connectivity index (χ3n) is 3.88. The summed E-state index contributed by atoms with van der Waals surface area (Å²) in [6.45, 7) is 4.34. The SMILES string of the molecule is CCn1cncc1COCC1(N)CCCCCC1. The molecule has 2 N–H and O–H groups in total. The quantitative estimate of drug-likeness (QED) is 0.818. The molecule has 0 aromatic carbocycles. The number of rotatable bonds is 5. The first-order valence-electron chi connectivity index (χ1n) is 7.09. The van der Waals surface area contributed by atoms with Gasteiger partial charge in [0.15, 0.2) is 0 Å². The van der Waals surface area contributed by atoms with Gasteiger partial charge in [-0.25, -0.2) is 4.98 Å². The van der Waals surface area contributed by atoms with Gasteiger partial charge in [-0.05, 0) is 19.8 Å². The van der Waals surface area contributed by atoms with E-state index in [-0.39, 0.29) is 5.54 Å². The lowest BCUT2D eigenvalue weighted by atomic mass is 9.93. The van der Waals surface area contributed by atoms with Crippen molar-refractivity contribution in [1.82, 2.24) is 9.55 Å². The van der Waals surface area contributed by atoms with E-state index in [9.17, 15) is 0 Å². The smallest absolute Gasteiger partial charge is 0.0948 e. The Morgan fingerprint density at radius 2 is 2.06 bits per heavy atom. The van der Waals surface area contributed by atoms with E-state index in [1.807, 2.05) is 12.5 Å². The topological polar surface area (TPSA) is 53.1 Å². The Labute approximate surface area is 110 Å². The zero-order valence-corrected chi connectivity index (χ0v) is 11.4. The molecule has 0 saturated heterocycles. The number of aryl methyl sites for hydroxylation is 1. The van der Waals surface area contributed by atoms with Gasteiger partial charge in [-0.2, -0.15) is 0 Å². The van der Waals surface area contributed by atoms with Gasteiger partial charge in [0.25, 0.3) is 0 Å². The molecule has 0 amide bonds. The Hall–Kier alpha value is -0.870. The Morgan fingerprint density at radius 3 is 2.72 bits per heavy atom. The van der Waals surface area contributed by atoms with Crippen molar-refractivity contribution in [2.75, 3.05) is 6.61 Å². The molecular formula is C14H25N3O. The largest absolute Gasteiger partial charge is 0.373 e. The molecule has 0 aliphatic heterocycles. The summed E-state index contributed by atoms with van der Waals surface area (Å²) in [4.78, 5) is 4.14. The van der Waals surface area contributed by atoms with Gasteiger partial charge < -0.3 is 15.0 Å².